The molecule has 1 aromatic carbocycles. The van der Waals surface area contributed by atoms with Crippen molar-refractivity contribution in [3.63, 3.8) is 0 Å². The van der Waals surface area contributed by atoms with Gasteiger partial charge in [0.05, 0.1) is 0 Å². The monoisotopic (exact) mass is 320 g/mol. The minimum atomic E-state index is 0.0731. The van der Waals surface area contributed by atoms with Crippen LogP contribution in [0.25, 0.3) is 0 Å². The molecule has 4 heteroatoms. The lowest BCUT2D eigenvalue weighted by molar-refractivity contribution is -0.121. The smallest absolute Gasteiger partial charge is 0.221 e. The first-order valence-electron chi connectivity index (χ1n) is 8.44. The minimum absolute atomic E-state index is 0.0731. The molecule has 1 unspecified atom stereocenters. The lowest BCUT2D eigenvalue weighted by Crippen LogP contribution is -2.40. The van der Waals surface area contributed by atoms with Gasteiger partial charge >= 0.3 is 0 Å². The number of amides is 1. The highest BCUT2D eigenvalue weighted by atomic mass is 35.5. The van der Waals surface area contributed by atoms with Crippen molar-refractivity contribution in [2.24, 2.45) is 0 Å². The Morgan fingerprint density at radius 3 is 2.82 bits per heavy atom. The summed E-state index contributed by atoms with van der Waals surface area (Å²) in [6.07, 6.45) is 7.63. The van der Waals surface area contributed by atoms with Crippen molar-refractivity contribution in [2.75, 3.05) is 13.1 Å². The molecule has 2 aliphatic rings. The van der Waals surface area contributed by atoms with Gasteiger partial charge < -0.3 is 10.6 Å². The van der Waals surface area contributed by atoms with Crippen molar-refractivity contribution in [3.05, 3.63) is 34.9 Å². The van der Waals surface area contributed by atoms with Crippen molar-refractivity contribution in [2.45, 2.75) is 56.4 Å². The van der Waals surface area contributed by atoms with E-state index in [1.54, 1.807) is 0 Å². The molecule has 1 saturated carbocycles. The van der Waals surface area contributed by atoms with Gasteiger partial charge in [0.15, 0.2) is 0 Å². The van der Waals surface area contributed by atoms with E-state index in [1.165, 1.54) is 24.8 Å². The second kappa shape index (κ2) is 7.01. The zero-order valence-corrected chi connectivity index (χ0v) is 13.8. The molecule has 2 N–H and O–H groups in total. The topological polar surface area (TPSA) is 41.1 Å². The first-order chi connectivity index (χ1) is 10.7. The number of nitrogens with one attached hydrogen (secondary N) is 2. The van der Waals surface area contributed by atoms with Gasteiger partial charge in [0.25, 0.3) is 0 Å². The Balaban J connectivity index is 1.63. The molecule has 1 aliphatic heterocycles. The van der Waals surface area contributed by atoms with Gasteiger partial charge in [-0.05, 0) is 49.9 Å². The molecule has 1 atom stereocenters. The van der Waals surface area contributed by atoms with Crippen LogP contribution in [0, 0.1) is 0 Å². The van der Waals surface area contributed by atoms with Gasteiger partial charge in [0.2, 0.25) is 5.91 Å². The van der Waals surface area contributed by atoms with Crippen LogP contribution in [0.15, 0.2) is 24.3 Å². The van der Waals surface area contributed by atoms with E-state index >= 15 is 0 Å². The Labute approximate surface area is 137 Å². The number of rotatable bonds is 5. The van der Waals surface area contributed by atoms with Crippen molar-refractivity contribution >= 4 is 17.5 Å². The number of benzene rings is 1. The van der Waals surface area contributed by atoms with Crippen LogP contribution < -0.4 is 10.6 Å². The molecule has 0 radical (unpaired) electrons. The average molecular weight is 321 g/mol. The third kappa shape index (κ3) is 3.64. The normalized spacial score (nSPS) is 23.6. The summed E-state index contributed by atoms with van der Waals surface area (Å²) in [5.74, 6) is 0.174. The summed E-state index contributed by atoms with van der Waals surface area (Å²) in [6, 6.07) is 8.52. The predicted molar refractivity (Wildman–Crippen MR) is 90.2 cm³/mol. The SMILES string of the molecule is O=C(CC1CCCN1)NCC1(c2cccc(Cl)c2)CCCC1. The third-order valence-corrected chi connectivity index (χ3v) is 5.45. The summed E-state index contributed by atoms with van der Waals surface area (Å²) in [5, 5.41) is 7.36. The van der Waals surface area contributed by atoms with Crippen molar-refractivity contribution in [1.82, 2.24) is 10.6 Å². The van der Waals surface area contributed by atoms with Crippen LogP contribution in [0.1, 0.15) is 50.5 Å². The highest BCUT2D eigenvalue weighted by molar-refractivity contribution is 6.30. The maximum atomic E-state index is 12.2. The molecule has 2 fully saturated rings. The Morgan fingerprint density at radius 1 is 1.32 bits per heavy atom. The summed E-state index contributed by atoms with van der Waals surface area (Å²) < 4.78 is 0. The second-order valence-electron chi connectivity index (χ2n) is 6.77. The number of carbonyl (C=O) groups is 1. The molecule has 0 aromatic heterocycles. The second-order valence-corrected chi connectivity index (χ2v) is 7.21. The summed E-state index contributed by atoms with van der Waals surface area (Å²) >= 11 is 6.17. The summed E-state index contributed by atoms with van der Waals surface area (Å²) in [6.45, 7) is 1.78. The molecular weight excluding hydrogens is 296 g/mol. The summed E-state index contributed by atoms with van der Waals surface area (Å²) in [5.41, 5.74) is 1.35. The van der Waals surface area contributed by atoms with Crippen molar-refractivity contribution in [3.8, 4) is 0 Å². The Kier molecular flexibility index (Phi) is 5.04. The van der Waals surface area contributed by atoms with Crippen LogP contribution in [-0.2, 0) is 10.2 Å². The van der Waals surface area contributed by atoms with E-state index in [-0.39, 0.29) is 11.3 Å². The van der Waals surface area contributed by atoms with Crippen LogP contribution in [0.2, 0.25) is 5.02 Å². The van der Waals surface area contributed by atoms with E-state index < -0.39 is 0 Å². The Morgan fingerprint density at radius 2 is 2.14 bits per heavy atom. The molecule has 3 nitrogen and oxygen atoms in total. The van der Waals surface area contributed by atoms with Crippen molar-refractivity contribution in [1.29, 1.82) is 0 Å². The summed E-state index contributed by atoms with van der Waals surface area (Å²) in [4.78, 5) is 12.2. The molecule has 0 bridgehead atoms. The summed E-state index contributed by atoms with van der Waals surface area (Å²) in [7, 11) is 0. The quantitative estimate of drug-likeness (QED) is 0.873. The first-order valence-corrected chi connectivity index (χ1v) is 8.82. The maximum Gasteiger partial charge on any atom is 0.221 e. The van der Waals surface area contributed by atoms with Gasteiger partial charge in [-0.3, -0.25) is 4.79 Å². The molecule has 1 amide bonds. The first kappa shape index (κ1) is 15.8. The number of hydrogen-bond donors (Lipinski definition) is 2. The fourth-order valence-electron chi connectivity index (χ4n) is 3.93. The van der Waals surface area contributed by atoms with E-state index in [9.17, 15) is 4.79 Å². The number of halogens is 1. The third-order valence-electron chi connectivity index (χ3n) is 5.22. The lowest BCUT2D eigenvalue weighted by atomic mass is 9.79. The Hall–Kier alpha value is -1.06. The maximum absolute atomic E-state index is 12.2. The van der Waals surface area contributed by atoms with Crippen LogP contribution >= 0.6 is 11.6 Å². The molecule has 3 rings (SSSR count). The van der Waals surface area contributed by atoms with Gasteiger partial charge in [-0.25, -0.2) is 0 Å². The van der Waals surface area contributed by atoms with E-state index in [1.807, 2.05) is 12.1 Å². The van der Waals surface area contributed by atoms with Crippen LogP contribution in [0.3, 0.4) is 0 Å². The van der Waals surface area contributed by atoms with Gasteiger partial charge in [0, 0.05) is 29.4 Å². The van der Waals surface area contributed by atoms with Crippen LogP contribution in [0.4, 0.5) is 0 Å². The zero-order valence-electron chi connectivity index (χ0n) is 13.0. The molecule has 120 valence electrons. The predicted octanol–water partition coefficient (Wildman–Crippen LogP) is 3.41. The van der Waals surface area contributed by atoms with Gasteiger partial charge in [0.1, 0.15) is 0 Å². The van der Waals surface area contributed by atoms with Gasteiger partial charge in [-0.15, -0.1) is 0 Å². The largest absolute Gasteiger partial charge is 0.355 e. The number of carbonyl (C=O) groups excluding carboxylic acids is 1. The van der Waals surface area contributed by atoms with Crippen LogP contribution in [0.5, 0.6) is 0 Å². The standard InChI is InChI=1S/C18H25ClN2O/c19-15-6-3-5-14(11-15)18(8-1-2-9-18)13-21-17(22)12-16-7-4-10-20-16/h3,5-6,11,16,20H,1-2,4,7-10,12-13H2,(H,21,22). The fraction of sp³-hybridized carbons (Fsp3) is 0.611. The van der Waals surface area contributed by atoms with Crippen LogP contribution in [-0.4, -0.2) is 25.0 Å². The average Bonchev–Trinajstić information content (AvgIpc) is 3.17. The zero-order chi connectivity index (χ0) is 15.4. The molecule has 0 spiro atoms. The van der Waals surface area contributed by atoms with E-state index in [0.717, 1.165) is 37.4 Å². The Bertz CT molecular complexity index is 520. The molecule has 1 aliphatic carbocycles. The minimum Gasteiger partial charge on any atom is -0.355 e. The van der Waals surface area contributed by atoms with Gasteiger partial charge in [-0.2, -0.15) is 0 Å². The van der Waals surface area contributed by atoms with E-state index in [4.69, 9.17) is 11.6 Å². The molecule has 22 heavy (non-hydrogen) atoms. The van der Waals surface area contributed by atoms with Gasteiger partial charge in [-0.1, -0.05) is 36.6 Å². The molecule has 1 aromatic rings. The van der Waals surface area contributed by atoms with E-state index in [2.05, 4.69) is 22.8 Å². The molecule has 1 heterocycles. The van der Waals surface area contributed by atoms with E-state index in [0.29, 0.717) is 12.5 Å². The fourth-order valence-corrected chi connectivity index (χ4v) is 4.12. The highest BCUT2D eigenvalue weighted by Crippen LogP contribution is 2.41. The number of hydrogen-bond acceptors (Lipinski definition) is 2. The highest BCUT2D eigenvalue weighted by Gasteiger charge is 2.36. The van der Waals surface area contributed by atoms with Crippen molar-refractivity contribution < 1.29 is 4.79 Å². The lowest BCUT2D eigenvalue weighted by Gasteiger charge is -2.30. The molecule has 1 saturated heterocycles. The molecular formula is C18H25ClN2O.